The molecule has 2 aliphatic rings. The van der Waals surface area contributed by atoms with E-state index in [2.05, 4.69) is 12.2 Å². The fourth-order valence-corrected chi connectivity index (χ4v) is 3.97. The molecule has 4 rings (SSSR count). The molecule has 1 amide bonds. The fraction of sp³-hybridized carbons (Fsp3) is 0.500. The second-order valence-corrected chi connectivity index (χ2v) is 7.17. The minimum atomic E-state index is 0.00432. The molecule has 0 saturated heterocycles. The van der Waals surface area contributed by atoms with Gasteiger partial charge in [0.05, 0.1) is 17.1 Å². The second kappa shape index (κ2) is 5.75. The molecule has 23 heavy (non-hydrogen) atoms. The number of amides is 1. The number of aromatic nitrogens is 1. The third-order valence-electron chi connectivity index (χ3n) is 5.12. The third-order valence-corrected chi connectivity index (χ3v) is 5.45. The molecule has 1 aliphatic carbocycles. The summed E-state index contributed by atoms with van der Waals surface area (Å²) in [5.41, 5.74) is 1.63. The van der Waals surface area contributed by atoms with Crippen LogP contribution in [0.1, 0.15) is 43.1 Å². The Kier molecular flexibility index (Phi) is 3.72. The van der Waals surface area contributed by atoms with Crippen LogP contribution in [-0.4, -0.2) is 23.1 Å². The number of hydrogen-bond acceptors (Lipinski definition) is 2. The zero-order chi connectivity index (χ0) is 16.0. The van der Waals surface area contributed by atoms with E-state index in [1.165, 1.54) is 12.8 Å². The van der Waals surface area contributed by atoms with E-state index in [9.17, 15) is 4.79 Å². The minimum absolute atomic E-state index is 0.00432. The van der Waals surface area contributed by atoms with Crippen LogP contribution < -0.4 is 10.1 Å². The van der Waals surface area contributed by atoms with Crippen molar-refractivity contribution >= 4 is 28.4 Å². The average Bonchev–Trinajstić information content (AvgIpc) is 2.95. The lowest BCUT2D eigenvalue weighted by Gasteiger charge is -2.27. The van der Waals surface area contributed by atoms with Crippen molar-refractivity contribution in [3.63, 3.8) is 0 Å². The van der Waals surface area contributed by atoms with Crippen molar-refractivity contribution < 1.29 is 9.53 Å². The van der Waals surface area contributed by atoms with Gasteiger partial charge in [-0.1, -0.05) is 18.5 Å². The number of nitrogens with zero attached hydrogens (tertiary/aromatic N) is 1. The highest BCUT2D eigenvalue weighted by molar-refractivity contribution is 6.36. The molecule has 1 aromatic carbocycles. The fourth-order valence-electron chi connectivity index (χ4n) is 3.76. The van der Waals surface area contributed by atoms with Gasteiger partial charge >= 0.3 is 0 Å². The lowest BCUT2D eigenvalue weighted by Crippen LogP contribution is -2.38. The van der Waals surface area contributed by atoms with Gasteiger partial charge in [0.25, 0.3) is 5.91 Å². The minimum Gasteiger partial charge on any atom is -0.490 e. The van der Waals surface area contributed by atoms with Crippen molar-refractivity contribution in [2.75, 3.05) is 6.61 Å². The molecule has 0 radical (unpaired) electrons. The van der Waals surface area contributed by atoms with Gasteiger partial charge in [-0.3, -0.25) is 4.79 Å². The smallest absolute Gasteiger partial charge is 0.268 e. The van der Waals surface area contributed by atoms with Crippen LogP contribution in [-0.2, 0) is 6.54 Å². The molecule has 122 valence electrons. The van der Waals surface area contributed by atoms with E-state index >= 15 is 0 Å². The number of halogens is 1. The van der Waals surface area contributed by atoms with Crippen molar-refractivity contribution in [1.29, 1.82) is 0 Å². The summed E-state index contributed by atoms with van der Waals surface area (Å²) in [7, 11) is 0. The third kappa shape index (κ3) is 2.59. The van der Waals surface area contributed by atoms with Crippen LogP contribution in [0.25, 0.3) is 10.9 Å². The summed E-state index contributed by atoms with van der Waals surface area (Å²) < 4.78 is 7.74. The first-order valence-electron chi connectivity index (χ1n) is 8.39. The number of nitrogens with one attached hydrogen (secondary N) is 1. The van der Waals surface area contributed by atoms with Crippen LogP contribution in [0.4, 0.5) is 0 Å². The Morgan fingerprint density at radius 2 is 2.09 bits per heavy atom. The summed E-state index contributed by atoms with van der Waals surface area (Å²) in [4.78, 5) is 12.8. The van der Waals surface area contributed by atoms with Crippen LogP contribution in [0.2, 0.25) is 5.02 Å². The van der Waals surface area contributed by atoms with Gasteiger partial charge < -0.3 is 14.6 Å². The summed E-state index contributed by atoms with van der Waals surface area (Å²) in [5, 5.41) is 4.77. The zero-order valence-corrected chi connectivity index (χ0v) is 14.0. The van der Waals surface area contributed by atoms with Gasteiger partial charge in [0, 0.05) is 11.4 Å². The number of carbonyl (C=O) groups excluding carboxylic acids is 1. The normalized spacial score (nSPS) is 23.6. The molecule has 1 N–H and O–H groups in total. The molecular weight excluding hydrogens is 312 g/mol. The van der Waals surface area contributed by atoms with Gasteiger partial charge in [-0.2, -0.15) is 0 Å². The molecule has 2 aromatic rings. The predicted molar refractivity (Wildman–Crippen MR) is 91.3 cm³/mol. The van der Waals surface area contributed by atoms with E-state index < -0.39 is 0 Å². The van der Waals surface area contributed by atoms with Crippen LogP contribution in [0.3, 0.4) is 0 Å². The second-order valence-electron chi connectivity index (χ2n) is 6.77. The largest absolute Gasteiger partial charge is 0.490 e. The lowest BCUT2D eigenvalue weighted by molar-refractivity contribution is 0.0912. The van der Waals surface area contributed by atoms with Crippen LogP contribution in [0.15, 0.2) is 18.2 Å². The van der Waals surface area contributed by atoms with Crippen LogP contribution in [0, 0.1) is 5.92 Å². The van der Waals surface area contributed by atoms with Crippen molar-refractivity contribution in [3.8, 4) is 5.75 Å². The van der Waals surface area contributed by atoms with E-state index in [-0.39, 0.29) is 5.91 Å². The Morgan fingerprint density at radius 1 is 1.30 bits per heavy atom. The molecule has 4 nitrogen and oxygen atoms in total. The summed E-state index contributed by atoms with van der Waals surface area (Å²) in [6, 6.07) is 5.90. The maximum atomic E-state index is 12.8. The van der Waals surface area contributed by atoms with E-state index in [0.717, 1.165) is 35.4 Å². The molecule has 1 saturated carbocycles. The van der Waals surface area contributed by atoms with E-state index in [1.54, 1.807) is 0 Å². The number of ether oxygens (including phenoxy) is 1. The first-order valence-corrected chi connectivity index (χ1v) is 8.76. The Hall–Kier alpha value is -1.68. The Labute approximate surface area is 140 Å². The number of rotatable bonds is 2. The molecule has 0 unspecified atom stereocenters. The summed E-state index contributed by atoms with van der Waals surface area (Å²) in [5.74, 6) is 1.59. The van der Waals surface area contributed by atoms with Crippen molar-refractivity contribution in [1.82, 2.24) is 9.88 Å². The molecule has 1 aromatic heterocycles. The summed E-state index contributed by atoms with van der Waals surface area (Å²) >= 11 is 6.31. The van der Waals surface area contributed by atoms with Crippen LogP contribution in [0.5, 0.6) is 5.75 Å². The number of hydrogen-bond donors (Lipinski definition) is 1. The monoisotopic (exact) mass is 332 g/mol. The van der Waals surface area contributed by atoms with E-state index in [4.69, 9.17) is 16.3 Å². The molecular formula is C18H21ClN2O2. The highest BCUT2D eigenvalue weighted by Crippen LogP contribution is 2.36. The molecule has 0 bridgehead atoms. The van der Waals surface area contributed by atoms with Gasteiger partial charge in [0.2, 0.25) is 0 Å². The number of benzene rings is 1. The Balaban J connectivity index is 1.65. The quantitative estimate of drug-likeness (QED) is 0.903. The molecule has 0 atom stereocenters. The number of carbonyl (C=O) groups is 1. The molecule has 2 heterocycles. The first-order chi connectivity index (χ1) is 11.1. The van der Waals surface area contributed by atoms with Crippen LogP contribution >= 0.6 is 11.6 Å². The van der Waals surface area contributed by atoms with Gasteiger partial charge in [-0.15, -0.1) is 0 Å². The highest BCUT2D eigenvalue weighted by Gasteiger charge is 2.25. The van der Waals surface area contributed by atoms with E-state index in [1.807, 2.05) is 22.8 Å². The first kappa shape index (κ1) is 14.9. The lowest BCUT2D eigenvalue weighted by atomic mass is 9.87. The van der Waals surface area contributed by atoms with Gasteiger partial charge in [0.1, 0.15) is 18.1 Å². The Bertz CT molecular complexity index is 760. The zero-order valence-electron chi connectivity index (χ0n) is 13.3. The van der Waals surface area contributed by atoms with Gasteiger partial charge in [-0.05, 0) is 49.8 Å². The molecule has 1 aliphatic heterocycles. The molecule has 5 heteroatoms. The van der Waals surface area contributed by atoms with Crippen molar-refractivity contribution in [2.24, 2.45) is 5.92 Å². The van der Waals surface area contributed by atoms with E-state index in [0.29, 0.717) is 29.9 Å². The summed E-state index contributed by atoms with van der Waals surface area (Å²) in [6.45, 7) is 3.55. The van der Waals surface area contributed by atoms with Crippen molar-refractivity contribution in [3.05, 3.63) is 28.9 Å². The SMILES string of the molecule is CC1CCC(NC(=O)c2cc3c(Cl)ccc4c3n2CCO4)CC1. The van der Waals surface area contributed by atoms with Gasteiger partial charge in [0.15, 0.2) is 0 Å². The summed E-state index contributed by atoms with van der Waals surface area (Å²) in [6.07, 6.45) is 4.53. The maximum Gasteiger partial charge on any atom is 0.268 e. The Morgan fingerprint density at radius 3 is 2.87 bits per heavy atom. The predicted octanol–water partition coefficient (Wildman–Crippen LogP) is 4.00. The standard InChI is InChI=1S/C18H21ClN2O2/c1-11-2-4-12(5-3-11)20-18(22)15-10-13-14(19)6-7-16-17(13)21(15)8-9-23-16/h6-7,10-12H,2-5,8-9H2,1H3,(H,20,22). The molecule has 1 fully saturated rings. The van der Waals surface area contributed by atoms with Gasteiger partial charge in [-0.25, -0.2) is 0 Å². The average molecular weight is 333 g/mol. The maximum absolute atomic E-state index is 12.8. The van der Waals surface area contributed by atoms with Crippen molar-refractivity contribution in [2.45, 2.75) is 45.2 Å². The highest BCUT2D eigenvalue weighted by atomic mass is 35.5. The molecule has 0 spiro atoms. The topological polar surface area (TPSA) is 43.3 Å².